The molecule has 0 aliphatic rings. The Morgan fingerprint density at radius 3 is 2.71 bits per heavy atom. The number of nitrogens with zero attached hydrogens (tertiary/aromatic N) is 4. The van der Waals surface area contributed by atoms with Gasteiger partial charge in [0, 0.05) is 25.1 Å². The predicted molar refractivity (Wildman–Crippen MR) is 122 cm³/mol. The molecule has 8 nitrogen and oxygen atoms in total. The molecule has 1 aromatic carbocycles. The number of amides is 1. The molecule has 31 heavy (non-hydrogen) atoms. The van der Waals surface area contributed by atoms with Crippen LogP contribution in [-0.4, -0.2) is 31.7 Å². The number of fused-ring (bicyclic) bond motifs is 3. The van der Waals surface area contributed by atoms with E-state index in [1.54, 1.807) is 4.57 Å². The van der Waals surface area contributed by atoms with Gasteiger partial charge in [0.15, 0.2) is 0 Å². The van der Waals surface area contributed by atoms with Gasteiger partial charge in [-0.2, -0.15) is 0 Å². The van der Waals surface area contributed by atoms with Gasteiger partial charge in [0.2, 0.25) is 11.7 Å². The quantitative estimate of drug-likeness (QED) is 0.427. The lowest BCUT2D eigenvalue weighted by Crippen LogP contribution is -2.22. The van der Waals surface area contributed by atoms with Crippen LogP contribution in [-0.2, 0) is 17.8 Å². The van der Waals surface area contributed by atoms with Gasteiger partial charge in [0.25, 0.3) is 5.56 Å². The van der Waals surface area contributed by atoms with E-state index in [0.29, 0.717) is 42.9 Å². The Kier molecular flexibility index (Phi) is 6.31. The van der Waals surface area contributed by atoms with Gasteiger partial charge < -0.3 is 10.1 Å². The number of carbonyl (C=O) groups is 1. The van der Waals surface area contributed by atoms with Gasteiger partial charge in [-0.3, -0.25) is 18.6 Å². The minimum atomic E-state index is -0.0541. The van der Waals surface area contributed by atoms with Gasteiger partial charge in [-0.05, 0) is 55.5 Å². The van der Waals surface area contributed by atoms with Crippen LogP contribution in [0, 0.1) is 0 Å². The number of anilines is 1. The number of nitrogens with one attached hydrogen (secondary N) is 1. The van der Waals surface area contributed by atoms with Crippen molar-refractivity contribution in [3.63, 3.8) is 0 Å². The number of thiophene rings is 1. The summed E-state index contributed by atoms with van der Waals surface area (Å²) in [5.41, 5.74) is 1.55. The lowest BCUT2D eigenvalue weighted by atomic mass is 10.2. The molecule has 162 valence electrons. The minimum absolute atomic E-state index is 0.0203. The van der Waals surface area contributed by atoms with Gasteiger partial charge in [0.05, 0.1) is 12.1 Å². The van der Waals surface area contributed by atoms with Gasteiger partial charge >= 0.3 is 0 Å². The number of aromatic nitrogens is 4. The number of ether oxygens (including phenoxy) is 1. The summed E-state index contributed by atoms with van der Waals surface area (Å²) in [5, 5.41) is 13.4. The molecule has 0 spiro atoms. The third kappa shape index (κ3) is 4.32. The number of hydrogen-bond acceptors (Lipinski definition) is 6. The van der Waals surface area contributed by atoms with E-state index >= 15 is 0 Å². The van der Waals surface area contributed by atoms with Crippen LogP contribution in [0.5, 0.6) is 5.75 Å². The highest BCUT2D eigenvalue weighted by Crippen LogP contribution is 2.21. The summed E-state index contributed by atoms with van der Waals surface area (Å²) >= 11 is 1.43. The van der Waals surface area contributed by atoms with Gasteiger partial charge in [0.1, 0.15) is 16.3 Å². The highest BCUT2D eigenvalue weighted by molar-refractivity contribution is 7.17. The molecule has 0 aliphatic heterocycles. The molecule has 0 atom stereocenters. The molecule has 0 fully saturated rings. The second kappa shape index (κ2) is 9.30. The van der Waals surface area contributed by atoms with E-state index in [-0.39, 0.29) is 11.5 Å². The smallest absolute Gasteiger partial charge is 0.272 e. The summed E-state index contributed by atoms with van der Waals surface area (Å²) in [5.74, 6) is 2.05. The summed E-state index contributed by atoms with van der Waals surface area (Å²) in [7, 11) is 0. The molecule has 0 saturated heterocycles. The number of aryl methyl sites for hydroxylation is 2. The number of hydrogen-bond donors (Lipinski definition) is 1. The van der Waals surface area contributed by atoms with Crippen molar-refractivity contribution in [3.8, 4) is 5.75 Å². The largest absolute Gasteiger partial charge is 0.494 e. The Bertz CT molecular complexity index is 1260. The highest BCUT2D eigenvalue weighted by atomic mass is 32.1. The van der Waals surface area contributed by atoms with E-state index < -0.39 is 0 Å². The van der Waals surface area contributed by atoms with Crippen molar-refractivity contribution in [2.45, 2.75) is 46.1 Å². The lowest BCUT2D eigenvalue weighted by Gasteiger charge is -2.09. The fraction of sp³-hybridized carbons (Fsp3) is 0.364. The third-order valence-corrected chi connectivity index (χ3v) is 5.87. The normalized spacial score (nSPS) is 11.3. The summed E-state index contributed by atoms with van der Waals surface area (Å²) in [6, 6.07) is 9.26. The van der Waals surface area contributed by atoms with Crippen molar-refractivity contribution in [2.24, 2.45) is 0 Å². The molecule has 3 heterocycles. The first-order valence-electron chi connectivity index (χ1n) is 10.5. The monoisotopic (exact) mass is 439 g/mol. The second-order valence-corrected chi connectivity index (χ2v) is 8.12. The molecule has 9 heteroatoms. The molecular formula is C22H25N5O3S. The first kappa shape index (κ1) is 21.0. The minimum Gasteiger partial charge on any atom is -0.494 e. The van der Waals surface area contributed by atoms with Crippen LogP contribution >= 0.6 is 11.3 Å². The van der Waals surface area contributed by atoms with Crippen LogP contribution in [0.4, 0.5) is 5.69 Å². The zero-order valence-corrected chi connectivity index (χ0v) is 18.4. The van der Waals surface area contributed by atoms with Crippen molar-refractivity contribution in [1.29, 1.82) is 0 Å². The van der Waals surface area contributed by atoms with Gasteiger partial charge in [-0.25, -0.2) is 0 Å². The maximum absolute atomic E-state index is 12.8. The van der Waals surface area contributed by atoms with Gasteiger partial charge in [-0.15, -0.1) is 21.5 Å². The van der Waals surface area contributed by atoms with Crippen LogP contribution in [0.3, 0.4) is 0 Å². The third-order valence-electron chi connectivity index (χ3n) is 4.98. The zero-order chi connectivity index (χ0) is 21.8. The molecule has 1 N–H and O–H groups in total. The topological polar surface area (TPSA) is 90.5 Å². The Labute approximate surface area is 183 Å². The summed E-state index contributed by atoms with van der Waals surface area (Å²) in [4.78, 5) is 25.1. The predicted octanol–water partition coefficient (Wildman–Crippen LogP) is 3.88. The fourth-order valence-corrected chi connectivity index (χ4v) is 4.42. The SMILES string of the molecule is CCCn1c(=O)c2sccc2n2c(CCCC(=O)Nc3ccc(OCC)cc3)nnc12. The number of benzene rings is 1. The van der Waals surface area contributed by atoms with E-state index in [2.05, 4.69) is 15.5 Å². The highest BCUT2D eigenvalue weighted by Gasteiger charge is 2.17. The molecule has 0 saturated carbocycles. The van der Waals surface area contributed by atoms with E-state index in [9.17, 15) is 9.59 Å². The van der Waals surface area contributed by atoms with Crippen LogP contribution < -0.4 is 15.6 Å². The molecular weight excluding hydrogens is 414 g/mol. The second-order valence-electron chi connectivity index (χ2n) is 7.20. The molecule has 0 unspecified atom stereocenters. The number of rotatable bonds is 9. The summed E-state index contributed by atoms with van der Waals surface area (Å²) in [6.45, 7) is 5.16. The Morgan fingerprint density at radius 2 is 1.97 bits per heavy atom. The molecule has 0 bridgehead atoms. The maximum Gasteiger partial charge on any atom is 0.272 e. The Morgan fingerprint density at radius 1 is 1.16 bits per heavy atom. The van der Waals surface area contributed by atoms with Crippen LogP contribution in [0.15, 0.2) is 40.5 Å². The maximum atomic E-state index is 12.8. The average molecular weight is 440 g/mol. The fourth-order valence-electron chi connectivity index (χ4n) is 3.60. The summed E-state index contributed by atoms with van der Waals surface area (Å²) in [6.07, 6.45) is 2.42. The van der Waals surface area contributed by atoms with E-state index in [4.69, 9.17) is 4.74 Å². The van der Waals surface area contributed by atoms with Gasteiger partial charge in [-0.1, -0.05) is 6.92 Å². The molecule has 1 amide bonds. The van der Waals surface area contributed by atoms with E-state index in [1.807, 2.05) is 54.0 Å². The molecule has 3 aromatic heterocycles. The standard InChI is InChI=1S/C22H25N5O3S/c1-3-13-26-21(29)20-17(12-14-31-20)27-18(24-25-22(26)27)6-5-7-19(28)23-15-8-10-16(11-9-15)30-4-2/h8-12,14H,3-7,13H2,1-2H3,(H,23,28). The van der Waals surface area contributed by atoms with Crippen LogP contribution in [0.1, 0.15) is 38.9 Å². The Balaban J connectivity index is 1.46. The van der Waals surface area contributed by atoms with Crippen LogP contribution in [0.2, 0.25) is 0 Å². The van der Waals surface area contributed by atoms with Crippen molar-refractivity contribution in [3.05, 3.63) is 51.9 Å². The molecule has 0 radical (unpaired) electrons. The Hall–Kier alpha value is -3.20. The van der Waals surface area contributed by atoms with Crippen molar-refractivity contribution >= 4 is 38.9 Å². The first-order valence-corrected chi connectivity index (χ1v) is 11.4. The molecule has 4 aromatic rings. The average Bonchev–Trinajstić information content (AvgIpc) is 3.40. The zero-order valence-electron chi connectivity index (χ0n) is 17.6. The summed E-state index contributed by atoms with van der Waals surface area (Å²) < 4.78 is 9.76. The van der Waals surface area contributed by atoms with Crippen molar-refractivity contribution in [2.75, 3.05) is 11.9 Å². The van der Waals surface area contributed by atoms with Crippen molar-refractivity contribution < 1.29 is 9.53 Å². The number of carbonyl (C=O) groups excluding carboxylic acids is 1. The molecule has 4 rings (SSSR count). The van der Waals surface area contributed by atoms with E-state index in [0.717, 1.165) is 29.2 Å². The van der Waals surface area contributed by atoms with Crippen molar-refractivity contribution in [1.82, 2.24) is 19.2 Å². The van der Waals surface area contributed by atoms with Crippen LogP contribution in [0.25, 0.3) is 16.0 Å². The first-order chi connectivity index (χ1) is 15.1. The molecule has 0 aliphatic carbocycles. The van der Waals surface area contributed by atoms with E-state index in [1.165, 1.54) is 11.3 Å². The lowest BCUT2D eigenvalue weighted by molar-refractivity contribution is -0.116.